The van der Waals surface area contributed by atoms with Crippen LogP contribution in [0.1, 0.15) is 5.56 Å². The molecule has 0 atom stereocenters. The molecule has 2 aromatic carbocycles. The fraction of sp³-hybridized carbons (Fsp3) is 0.190. The van der Waals surface area contributed by atoms with Gasteiger partial charge in [-0.2, -0.15) is 5.10 Å². The predicted molar refractivity (Wildman–Crippen MR) is 109 cm³/mol. The second kappa shape index (κ2) is 9.41. The number of nitrogens with one attached hydrogen (secondary N) is 1. The third kappa shape index (κ3) is 4.55. The number of nitrogens with zero attached hydrogens (tertiary/aromatic N) is 2. The maximum absolute atomic E-state index is 12.1. The Morgan fingerprint density at radius 3 is 2.55 bits per heavy atom. The van der Waals surface area contributed by atoms with Crippen LogP contribution in [0.4, 0.5) is 0 Å². The van der Waals surface area contributed by atoms with Crippen molar-refractivity contribution in [2.24, 2.45) is 5.10 Å². The number of methoxy groups -OCH3 is 3. The first-order chi connectivity index (χ1) is 14.2. The Balaban J connectivity index is 1.64. The van der Waals surface area contributed by atoms with Gasteiger partial charge in [-0.1, -0.05) is 18.2 Å². The van der Waals surface area contributed by atoms with Crippen molar-refractivity contribution in [3.8, 4) is 23.0 Å². The maximum Gasteiger partial charge on any atom is 0.277 e. The van der Waals surface area contributed by atoms with Gasteiger partial charge in [0.2, 0.25) is 5.75 Å². The van der Waals surface area contributed by atoms with Gasteiger partial charge in [0, 0.05) is 17.1 Å². The summed E-state index contributed by atoms with van der Waals surface area (Å²) in [6.07, 6.45) is 3.13. The quantitative estimate of drug-likeness (QED) is 0.466. The van der Waals surface area contributed by atoms with E-state index in [9.17, 15) is 4.79 Å². The molecule has 1 amide bonds. The van der Waals surface area contributed by atoms with Gasteiger partial charge in [-0.25, -0.2) is 5.43 Å². The molecule has 8 heteroatoms. The standard InChI is InChI=1S/C21H21N3O5/c1-26-17-10-9-15(20(27-2)21(17)28-3)12-23-24-18(25)13-29-16-8-4-6-14-7-5-11-22-19(14)16/h4-12H,13H2,1-3H3,(H,24,25)/b23-12+. The van der Waals surface area contributed by atoms with Gasteiger partial charge in [0.25, 0.3) is 5.91 Å². The first kappa shape index (κ1) is 19.9. The van der Waals surface area contributed by atoms with Crippen molar-refractivity contribution in [2.75, 3.05) is 27.9 Å². The van der Waals surface area contributed by atoms with Crippen molar-refractivity contribution >= 4 is 23.0 Å². The van der Waals surface area contributed by atoms with Crippen LogP contribution in [-0.4, -0.2) is 45.0 Å². The van der Waals surface area contributed by atoms with Crippen LogP contribution in [0, 0.1) is 0 Å². The second-order valence-electron chi connectivity index (χ2n) is 5.84. The molecule has 0 aliphatic rings. The Labute approximate surface area is 168 Å². The lowest BCUT2D eigenvalue weighted by Crippen LogP contribution is -2.24. The molecule has 0 aliphatic heterocycles. The van der Waals surface area contributed by atoms with Gasteiger partial charge in [0.1, 0.15) is 11.3 Å². The SMILES string of the molecule is COc1ccc(/C=N/NC(=O)COc2cccc3cccnc23)c(OC)c1OC. The lowest BCUT2D eigenvalue weighted by molar-refractivity contribution is -0.123. The molecule has 0 saturated carbocycles. The van der Waals surface area contributed by atoms with Crippen molar-refractivity contribution in [1.82, 2.24) is 10.4 Å². The summed E-state index contributed by atoms with van der Waals surface area (Å²) in [7, 11) is 4.57. The molecule has 0 radical (unpaired) electrons. The molecule has 3 rings (SSSR count). The number of pyridine rings is 1. The number of ether oxygens (including phenoxy) is 4. The number of rotatable bonds is 8. The minimum Gasteiger partial charge on any atom is -0.493 e. The summed E-state index contributed by atoms with van der Waals surface area (Å²) in [5.41, 5.74) is 3.74. The average Bonchev–Trinajstić information content (AvgIpc) is 2.77. The van der Waals surface area contributed by atoms with Crippen molar-refractivity contribution in [2.45, 2.75) is 0 Å². The molecule has 0 unspecified atom stereocenters. The normalized spacial score (nSPS) is 10.7. The minimum atomic E-state index is -0.409. The average molecular weight is 395 g/mol. The number of carbonyl (C=O) groups is 1. The first-order valence-corrected chi connectivity index (χ1v) is 8.75. The highest BCUT2D eigenvalue weighted by Crippen LogP contribution is 2.38. The number of benzene rings is 2. The molecule has 0 fully saturated rings. The Bertz CT molecular complexity index is 1030. The fourth-order valence-corrected chi connectivity index (χ4v) is 2.77. The van der Waals surface area contributed by atoms with Crippen LogP contribution >= 0.6 is 0 Å². The lowest BCUT2D eigenvalue weighted by atomic mass is 10.2. The fourth-order valence-electron chi connectivity index (χ4n) is 2.77. The summed E-state index contributed by atoms with van der Waals surface area (Å²) in [5.74, 6) is 1.54. The Hall–Kier alpha value is -3.81. The van der Waals surface area contributed by atoms with Crippen LogP contribution in [0.3, 0.4) is 0 Å². The van der Waals surface area contributed by atoms with Gasteiger partial charge < -0.3 is 18.9 Å². The number of hydrazone groups is 1. The van der Waals surface area contributed by atoms with Gasteiger partial charge in [0.15, 0.2) is 18.1 Å². The van der Waals surface area contributed by atoms with Crippen LogP contribution in [0.15, 0.2) is 53.8 Å². The van der Waals surface area contributed by atoms with Crippen molar-refractivity contribution in [1.29, 1.82) is 0 Å². The van der Waals surface area contributed by atoms with Gasteiger partial charge >= 0.3 is 0 Å². The Kier molecular flexibility index (Phi) is 6.47. The van der Waals surface area contributed by atoms with E-state index in [-0.39, 0.29) is 6.61 Å². The summed E-state index contributed by atoms with van der Waals surface area (Å²) in [5, 5.41) is 4.89. The highest BCUT2D eigenvalue weighted by atomic mass is 16.5. The molecular formula is C21H21N3O5. The molecule has 1 heterocycles. The molecule has 0 spiro atoms. The van der Waals surface area contributed by atoms with Crippen LogP contribution in [0.5, 0.6) is 23.0 Å². The van der Waals surface area contributed by atoms with Crippen LogP contribution in [0.25, 0.3) is 10.9 Å². The van der Waals surface area contributed by atoms with E-state index in [2.05, 4.69) is 15.5 Å². The molecule has 8 nitrogen and oxygen atoms in total. The zero-order valence-corrected chi connectivity index (χ0v) is 16.3. The lowest BCUT2D eigenvalue weighted by Gasteiger charge is -2.13. The topological polar surface area (TPSA) is 91.3 Å². The van der Waals surface area contributed by atoms with E-state index >= 15 is 0 Å². The third-order valence-corrected chi connectivity index (χ3v) is 4.08. The van der Waals surface area contributed by atoms with E-state index in [0.717, 1.165) is 5.39 Å². The first-order valence-electron chi connectivity index (χ1n) is 8.75. The minimum absolute atomic E-state index is 0.198. The zero-order chi connectivity index (χ0) is 20.6. The third-order valence-electron chi connectivity index (χ3n) is 4.08. The monoisotopic (exact) mass is 395 g/mol. The maximum atomic E-state index is 12.1. The molecule has 1 N–H and O–H groups in total. The number of amides is 1. The Morgan fingerprint density at radius 1 is 1.00 bits per heavy atom. The summed E-state index contributed by atoms with van der Waals surface area (Å²) in [4.78, 5) is 16.4. The summed E-state index contributed by atoms with van der Waals surface area (Å²) in [6, 6.07) is 12.8. The number of fused-ring (bicyclic) bond motifs is 1. The molecule has 0 bridgehead atoms. The van der Waals surface area contributed by atoms with Crippen LogP contribution < -0.4 is 24.4 Å². The largest absolute Gasteiger partial charge is 0.493 e. The molecule has 0 saturated heterocycles. The van der Waals surface area contributed by atoms with Crippen molar-refractivity contribution in [3.63, 3.8) is 0 Å². The number of hydrogen-bond acceptors (Lipinski definition) is 7. The highest BCUT2D eigenvalue weighted by Gasteiger charge is 2.14. The van der Waals surface area contributed by atoms with Gasteiger partial charge in [-0.15, -0.1) is 0 Å². The van der Waals surface area contributed by atoms with Crippen LogP contribution in [0.2, 0.25) is 0 Å². The van der Waals surface area contributed by atoms with Gasteiger partial charge in [-0.05, 0) is 24.3 Å². The highest BCUT2D eigenvalue weighted by molar-refractivity contribution is 5.88. The van der Waals surface area contributed by atoms with E-state index in [1.54, 1.807) is 24.4 Å². The summed E-state index contributed by atoms with van der Waals surface area (Å²) in [6.45, 7) is -0.198. The number of para-hydroxylation sites is 1. The van der Waals surface area contributed by atoms with E-state index in [0.29, 0.717) is 34.1 Å². The molecule has 29 heavy (non-hydrogen) atoms. The summed E-state index contributed by atoms with van der Waals surface area (Å²) < 4.78 is 21.5. The molecule has 1 aromatic heterocycles. The zero-order valence-electron chi connectivity index (χ0n) is 16.3. The molecular weight excluding hydrogens is 374 g/mol. The van der Waals surface area contributed by atoms with E-state index in [4.69, 9.17) is 18.9 Å². The van der Waals surface area contributed by atoms with Gasteiger partial charge in [0.05, 0.1) is 27.5 Å². The second-order valence-corrected chi connectivity index (χ2v) is 5.84. The smallest absolute Gasteiger partial charge is 0.277 e. The van der Waals surface area contributed by atoms with Gasteiger partial charge in [-0.3, -0.25) is 9.78 Å². The number of carbonyl (C=O) groups excluding carboxylic acids is 1. The molecule has 0 aliphatic carbocycles. The van der Waals surface area contributed by atoms with Crippen molar-refractivity contribution < 1.29 is 23.7 Å². The van der Waals surface area contributed by atoms with E-state index < -0.39 is 5.91 Å². The number of hydrogen-bond donors (Lipinski definition) is 1. The van der Waals surface area contributed by atoms with E-state index in [1.165, 1.54) is 27.5 Å². The molecule has 3 aromatic rings. The van der Waals surface area contributed by atoms with Crippen LogP contribution in [-0.2, 0) is 4.79 Å². The van der Waals surface area contributed by atoms with E-state index in [1.807, 2.05) is 24.3 Å². The number of aromatic nitrogens is 1. The van der Waals surface area contributed by atoms with Crippen molar-refractivity contribution in [3.05, 3.63) is 54.2 Å². The Morgan fingerprint density at radius 2 is 1.79 bits per heavy atom. The predicted octanol–water partition coefficient (Wildman–Crippen LogP) is 2.79. The molecule has 150 valence electrons. The summed E-state index contributed by atoms with van der Waals surface area (Å²) >= 11 is 0.